The van der Waals surface area contributed by atoms with Gasteiger partial charge in [-0.05, 0) is 31.0 Å². The molecule has 0 saturated carbocycles. The zero-order chi connectivity index (χ0) is 15.5. The topological polar surface area (TPSA) is 40.6 Å². The van der Waals surface area contributed by atoms with Gasteiger partial charge in [0.2, 0.25) is 10.0 Å². The minimum atomic E-state index is -3.07. The molecule has 4 nitrogen and oxygen atoms in total. The Labute approximate surface area is 136 Å². The minimum Gasteiger partial charge on any atom is -0.369 e. The Hall–Kier alpha value is -0.590. The molecule has 0 aliphatic carbocycles. The molecule has 1 aromatic rings. The number of hydrogen-bond acceptors (Lipinski definition) is 3. The molecule has 0 unspecified atom stereocenters. The van der Waals surface area contributed by atoms with Crippen molar-refractivity contribution in [3.63, 3.8) is 0 Å². The summed E-state index contributed by atoms with van der Waals surface area (Å²) in [7, 11) is -3.07. The van der Waals surface area contributed by atoms with Crippen LogP contribution in [0.1, 0.15) is 25.3 Å². The molecule has 0 aromatic heterocycles. The molecule has 6 heteroatoms. The van der Waals surface area contributed by atoms with Crippen molar-refractivity contribution in [3.05, 3.63) is 28.2 Å². The Bertz CT molecular complexity index is 581. The maximum Gasteiger partial charge on any atom is 0.214 e. The summed E-state index contributed by atoms with van der Waals surface area (Å²) in [6, 6.07) is 6.29. The first-order valence-electron chi connectivity index (χ1n) is 7.43. The highest BCUT2D eigenvalue weighted by Gasteiger charge is 2.26. The summed E-state index contributed by atoms with van der Waals surface area (Å²) >= 11 is 3.55. The Balaban J connectivity index is 1.98. The molecule has 1 fully saturated rings. The van der Waals surface area contributed by atoms with Crippen LogP contribution in [0.15, 0.2) is 22.7 Å². The van der Waals surface area contributed by atoms with Crippen LogP contribution in [0.4, 0.5) is 5.69 Å². The molecule has 0 atom stereocenters. The molecule has 0 bridgehead atoms. The molecule has 0 amide bonds. The third kappa shape index (κ3) is 4.20. The Morgan fingerprint density at radius 2 is 1.86 bits per heavy atom. The molecule has 0 radical (unpaired) electrons. The zero-order valence-electron chi connectivity index (χ0n) is 12.7. The Morgan fingerprint density at radius 3 is 2.43 bits per heavy atom. The summed E-state index contributed by atoms with van der Waals surface area (Å²) in [5, 5.41) is 0. The van der Waals surface area contributed by atoms with Gasteiger partial charge in [-0.2, -0.15) is 4.31 Å². The lowest BCUT2D eigenvalue weighted by molar-refractivity contribution is 0.384. The largest absolute Gasteiger partial charge is 0.369 e. The van der Waals surface area contributed by atoms with E-state index in [1.165, 1.54) is 5.56 Å². The van der Waals surface area contributed by atoms with Crippen molar-refractivity contribution in [2.75, 3.05) is 36.8 Å². The molecule has 1 aromatic carbocycles. The number of rotatable bonds is 5. The second-order valence-electron chi connectivity index (χ2n) is 5.49. The molecule has 21 heavy (non-hydrogen) atoms. The Kier molecular flexibility index (Phi) is 5.68. The number of unbranched alkanes of at least 4 members (excludes halogenated alkanes) is 1. The molecule has 0 N–H and O–H groups in total. The van der Waals surface area contributed by atoms with Crippen LogP contribution >= 0.6 is 15.9 Å². The highest BCUT2D eigenvalue weighted by atomic mass is 79.9. The monoisotopic (exact) mass is 374 g/mol. The number of anilines is 1. The van der Waals surface area contributed by atoms with Crippen molar-refractivity contribution in [2.45, 2.75) is 26.7 Å². The average molecular weight is 375 g/mol. The van der Waals surface area contributed by atoms with Crippen LogP contribution in [0.3, 0.4) is 0 Å². The molecular weight excluding hydrogens is 352 g/mol. The van der Waals surface area contributed by atoms with Gasteiger partial charge < -0.3 is 4.90 Å². The van der Waals surface area contributed by atoms with Crippen LogP contribution < -0.4 is 4.90 Å². The fourth-order valence-corrected chi connectivity index (χ4v) is 4.46. The van der Waals surface area contributed by atoms with Crippen LogP contribution in [-0.4, -0.2) is 44.7 Å². The van der Waals surface area contributed by atoms with Gasteiger partial charge in [-0.15, -0.1) is 0 Å². The lowest BCUT2D eigenvalue weighted by Gasteiger charge is -2.35. The van der Waals surface area contributed by atoms with Gasteiger partial charge in [-0.1, -0.05) is 35.3 Å². The molecular formula is C15H23BrN2O2S. The smallest absolute Gasteiger partial charge is 0.214 e. The van der Waals surface area contributed by atoms with E-state index in [4.69, 9.17) is 0 Å². The molecule has 2 rings (SSSR count). The maximum atomic E-state index is 12.2. The number of sulfonamides is 1. The summed E-state index contributed by atoms with van der Waals surface area (Å²) in [5.41, 5.74) is 2.36. The summed E-state index contributed by atoms with van der Waals surface area (Å²) in [4.78, 5) is 2.25. The van der Waals surface area contributed by atoms with Crippen molar-refractivity contribution in [1.29, 1.82) is 0 Å². The minimum absolute atomic E-state index is 0.277. The lowest BCUT2D eigenvalue weighted by Crippen LogP contribution is -2.49. The highest BCUT2D eigenvalue weighted by Crippen LogP contribution is 2.25. The van der Waals surface area contributed by atoms with Gasteiger partial charge in [-0.25, -0.2) is 8.42 Å². The van der Waals surface area contributed by atoms with Crippen LogP contribution in [0.5, 0.6) is 0 Å². The van der Waals surface area contributed by atoms with Gasteiger partial charge in [0.15, 0.2) is 0 Å². The number of benzene rings is 1. The van der Waals surface area contributed by atoms with Crippen molar-refractivity contribution in [3.8, 4) is 0 Å². The van der Waals surface area contributed by atoms with Crippen molar-refractivity contribution in [1.82, 2.24) is 4.31 Å². The van der Waals surface area contributed by atoms with E-state index < -0.39 is 10.0 Å². The first-order chi connectivity index (χ1) is 9.94. The molecule has 118 valence electrons. The molecule has 1 heterocycles. The molecule has 1 aliphatic rings. The quantitative estimate of drug-likeness (QED) is 0.795. The van der Waals surface area contributed by atoms with Gasteiger partial charge in [-0.3, -0.25) is 0 Å². The Morgan fingerprint density at radius 1 is 1.19 bits per heavy atom. The number of halogens is 1. The van der Waals surface area contributed by atoms with E-state index in [1.807, 2.05) is 6.92 Å². The summed E-state index contributed by atoms with van der Waals surface area (Å²) in [6.07, 6.45) is 1.66. The maximum absolute atomic E-state index is 12.2. The van der Waals surface area contributed by atoms with Gasteiger partial charge in [0.1, 0.15) is 0 Å². The normalized spacial score (nSPS) is 17.2. The van der Waals surface area contributed by atoms with Gasteiger partial charge >= 0.3 is 0 Å². The number of piperazine rings is 1. The van der Waals surface area contributed by atoms with E-state index in [-0.39, 0.29) is 5.75 Å². The van der Waals surface area contributed by atoms with E-state index in [9.17, 15) is 8.42 Å². The number of hydrogen-bond donors (Lipinski definition) is 0. The van der Waals surface area contributed by atoms with E-state index in [0.717, 1.165) is 36.1 Å². The third-order valence-electron chi connectivity index (χ3n) is 3.91. The zero-order valence-corrected chi connectivity index (χ0v) is 15.1. The fourth-order valence-electron chi connectivity index (χ4n) is 2.46. The van der Waals surface area contributed by atoms with E-state index in [2.05, 4.69) is 46.0 Å². The predicted molar refractivity (Wildman–Crippen MR) is 91.4 cm³/mol. The average Bonchev–Trinajstić information content (AvgIpc) is 2.48. The number of aryl methyl sites for hydroxylation is 1. The molecule has 1 aliphatic heterocycles. The highest BCUT2D eigenvalue weighted by molar-refractivity contribution is 9.10. The first-order valence-corrected chi connectivity index (χ1v) is 9.83. The van der Waals surface area contributed by atoms with E-state index in [1.54, 1.807) is 4.31 Å². The molecule has 1 saturated heterocycles. The van der Waals surface area contributed by atoms with Gasteiger partial charge in [0.25, 0.3) is 0 Å². The first kappa shape index (κ1) is 16.8. The summed E-state index contributed by atoms with van der Waals surface area (Å²) in [5.74, 6) is 0.277. The van der Waals surface area contributed by atoms with Crippen LogP contribution in [0, 0.1) is 6.92 Å². The number of nitrogens with zero attached hydrogens (tertiary/aromatic N) is 2. The fraction of sp³-hybridized carbons (Fsp3) is 0.600. The van der Waals surface area contributed by atoms with Gasteiger partial charge in [0.05, 0.1) is 5.75 Å². The second-order valence-corrected chi connectivity index (χ2v) is 8.43. The third-order valence-corrected chi connectivity index (χ3v) is 6.72. The summed E-state index contributed by atoms with van der Waals surface area (Å²) in [6.45, 7) is 6.74. The second kappa shape index (κ2) is 7.11. The van der Waals surface area contributed by atoms with Crippen LogP contribution in [-0.2, 0) is 10.0 Å². The summed E-state index contributed by atoms with van der Waals surface area (Å²) < 4.78 is 27.1. The van der Waals surface area contributed by atoms with Crippen LogP contribution in [0.25, 0.3) is 0 Å². The van der Waals surface area contributed by atoms with Crippen molar-refractivity contribution >= 4 is 31.6 Å². The van der Waals surface area contributed by atoms with Gasteiger partial charge in [0, 0.05) is 36.3 Å². The SMILES string of the molecule is CCCCS(=O)(=O)N1CCN(c2ccc(C)c(Br)c2)CC1. The van der Waals surface area contributed by atoms with Crippen molar-refractivity contribution in [2.24, 2.45) is 0 Å². The molecule has 0 spiro atoms. The lowest BCUT2D eigenvalue weighted by atomic mass is 10.2. The van der Waals surface area contributed by atoms with Crippen molar-refractivity contribution < 1.29 is 8.42 Å². The van der Waals surface area contributed by atoms with E-state index in [0.29, 0.717) is 13.1 Å². The van der Waals surface area contributed by atoms with Crippen LogP contribution in [0.2, 0.25) is 0 Å². The predicted octanol–water partition coefficient (Wildman–Crippen LogP) is 3.01. The van der Waals surface area contributed by atoms with E-state index >= 15 is 0 Å². The standard InChI is InChI=1S/C15H23BrN2O2S/c1-3-4-11-21(19,20)18-9-7-17(8-10-18)14-6-5-13(2)15(16)12-14/h5-6,12H,3-4,7-11H2,1-2H3.